The molecule has 2 aliphatic rings. The number of nitrogens with two attached hydrogens (primary N) is 1. The van der Waals surface area contributed by atoms with Gasteiger partial charge in [0, 0.05) is 43.2 Å². The zero-order chi connectivity index (χ0) is 22.8. The predicted molar refractivity (Wildman–Crippen MR) is 124 cm³/mol. The Balaban J connectivity index is 1.54. The number of hydrogen-bond donors (Lipinski definition) is 2. The van der Waals surface area contributed by atoms with Crippen LogP contribution in [-0.2, 0) is 12.8 Å². The Morgan fingerprint density at radius 3 is 2.81 bits per heavy atom. The van der Waals surface area contributed by atoms with Gasteiger partial charge in [-0.05, 0) is 55.0 Å². The highest BCUT2D eigenvalue weighted by atomic mass is 32.1. The third kappa shape index (κ3) is 4.58. The molecule has 0 saturated carbocycles. The van der Waals surface area contributed by atoms with Gasteiger partial charge in [-0.25, -0.2) is 13.8 Å². The first-order valence-electron chi connectivity index (χ1n) is 11.2. The number of carbonyl (C=O) groups is 1. The van der Waals surface area contributed by atoms with Crippen LogP contribution in [0.1, 0.15) is 51.9 Å². The van der Waals surface area contributed by atoms with Crippen molar-refractivity contribution in [3.8, 4) is 0 Å². The number of amides is 1. The highest BCUT2D eigenvalue weighted by molar-refractivity contribution is 7.14. The Bertz CT molecular complexity index is 1040. The van der Waals surface area contributed by atoms with E-state index in [0.717, 1.165) is 50.9 Å². The van der Waals surface area contributed by atoms with Crippen LogP contribution in [0.25, 0.3) is 5.70 Å². The molecule has 3 heterocycles. The van der Waals surface area contributed by atoms with Crippen LogP contribution in [0.3, 0.4) is 0 Å². The number of aryl methyl sites for hydroxylation is 1. The van der Waals surface area contributed by atoms with Crippen LogP contribution in [0, 0.1) is 11.6 Å². The summed E-state index contributed by atoms with van der Waals surface area (Å²) in [6, 6.07) is 5.43. The lowest BCUT2D eigenvalue weighted by atomic mass is 10.0. The number of nitrogens with zero attached hydrogens (tertiary/aromatic N) is 2. The molecule has 0 bridgehead atoms. The number of fused-ring (bicyclic) bond motifs is 3. The van der Waals surface area contributed by atoms with E-state index in [2.05, 4.69) is 29.3 Å². The quantitative estimate of drug-likeness (QED) is 0.657. The van der Waals surface area contributed by atoms with Gasteiger partial charge in [0.2, 0.25) is 0 Å². The molecule has 0 spiro atoms. The van der Waals surface area contributed by atoms with E-state index in [4.69, 9.17) is 5.73 Å². The highest BCUT2D eigenvalue weighted by Gasteiger charge is 2.32. The zero-order valence-corrected chi connectivity index (χ0v) is 19.4. The van der Waals surface area contributed by atoms with Gasteiger partial charge < -0.3 is 16.1 Å². The van der Waals surface area contributed by atoms with E-state index in [1.54, 1.807) is 11.3 Å². The summed E-state index contributed by atoms with van der Waals surface area (Å²) in [6.07, 6.45) is 4.49. The maximum absolute atomic E-state index is 13.5. The molecule has 0 aliphatic carbocycles. The molecule has 32 heavy (non-hydrogen) atoms. The van der Waals surface area contributed by atoms with E-state index < -0.39 is 11.6 Å². The molecular formula is C24H30F2N4OS. The fraction of sp³-hybridized carbons (Fsp3) is 0.458. The average Bonchev–Trinajstić information content (AvgIpc) is 3.26. The normalized spacial score (nSPS) is 17.2. The van der Waals surface area contributed by atoms with Gasteiger partial charge in [0.05, 0.1) is 10.6 Å². The van der Waals surface area contributed by atoms with Gasteiger partial charge in [-0.2, -0.15) is 0 Å². The number of halogens is 2. The van der Waals surface area contributed by atoms with Crippen LogP contribution < -0.4 is 11.1 Å². The van der Waals surface area contributed by atoms with Crippen LogP contribution in [-0.4, -0.2) is 48.6 Å². The van der Waals surface area contributed by atoms with Crippen LogP contribution in [0.5, 0.6) is 0 Å². The van der Waals surface area contributed by atoms with Gasteiger partial charge in [0.15, 0.2) is 11.6 Å². The first-order chi connectivity index (χ1) is 15.4. The summed E-state index contributed by atoms with van der Waals surface area (Å²) < 4.78 is 26.7. The van der Waals surface area contributed by atoms with Gasteiger partial charge in [-0.15, -0.1) is 11.3 Å². The van der Waals surface area contributed by atoms with Crippen molar-refractivity contribution in [1.29, 1.82) is 0 Å². The van der Waals surface area contributed by atoms with Crippen molar-refractivity contribution in [1.82, 2.24) is 15.3 Å². The van der Waals surface area contributed by atoms with E-state index in [-0.39, 0.29) is 18.5 Å². The topological polar surface area (TPSA) is 61.6 Å². The van der Waals surface area contributed by atoms with Crippen molar-refractivity contribution < 1.29 is 13.6 Å². The van der Waals surface area contributed by atoms with Crippen LogP contribution in [0.2, 0.25) is 0 Å². The molecule has 8 heteroatoms. The molecule has 1 aromatic carbocycles. The van der Waals surface area contributed by atoms with Gasteiger partial charge in [-0.1, -0.05) is 19.4 Å². The van der Waals surface area contributed by atoms with E-state index in [0.29, 0.717) is 16.9 Å². The lowest BCUT2D eigenvalue weighted by Crippen LogP contribution is -2.41. The molecule has 2 aromatic rings. The zero-order valence-electron chi connectivity index (χ0n) is 18.6. The summed E-state index contributed by atoms with van der Waals surface area (Å²) in [5.41, 5.74) is 10.3. The van der Waals surface area contributed by atoms with Crippen LogP contribution >= 0.6 is 11.3 Å². The monoisotopic (exact) mass is 460 g/mol. The van der Waals surface area contributed by atoms with E-state index >= 15 is 0 Å². The van der Waals surface area contributed by atoms with Crippen molar-refractivity contribution >= 4 is 22.9 Å². The predicted octanol–water partition coefficient (Wildman–Crippen LogP) is 3.95. The fourth-order valence-electron chi connectivity index (χ4n) is 4.62. The van der Waals surface area contributed by atoms with Crippen LogP contribution in [0.4, 0.5) is 8.78 Å². The lowest BCUT2D eigenvalue weighted by Gasteiger charge is -2.27. The first-order valence-corrected chi connectivity index (χ1v) is 12.0. The molecule has 0 fully saturated rings. The maximum atomic E-state index is 13.5. The SMILES string of the molecule is CCCC1=C2c3cc(C(=O)N[C@H](CN)Cc4ccc(F)c(F)c4)sc3CCCN2N(C)C1. The number of hydrogen-bond acceptors (Lipinski definition) is 5. The molecule has 3 N–H and O–H groups in total. The Morgan fingerprint density at radius 2 is 2.09 bits per heavy atom. The van der Waals surface area contributed by atoms with Gasteiger partial charge in [-0.3, -0.25) is 4.79 Å². The number of carbonyl (C=O) groups excluding carboxylic acids is 1. The molecule has 0 saturated heterocycles. The van der Waals surface area contributed by atoms with E-state index in [9.17, 15) is 13.6 Å². The minimum atomic E-state index is -0.895. The summed E-state index contributed by atoms with van der Waals surface area (Å²) in [6.45, 7) is 4.33. The van der Waals surface area contributed by atoms with Gasteiger partial charge >= 0.3 is 0 Å². The molecule has 1 amide bonds. The Hall–Kier alpha value is -2.29. The van der Waals surface area contributed by atoms with Gasteiger partial charge in [0.25, 0.3) is 5.91 Å². The smallest absolute Gasteiger partial charge is 0.261 e. The summed E-state index contributed by atoms with van der Waals surface area (Å²) in [5, 5.41) is 7.62. The number of benzene rings is 1. The second-order valence-corrected chi connectivity index (χ2v) is 9.69. The largest absolute Gasteiger partial charge is 0.347 e. The molecule has 0 radical (unpaired) electrons. The summed E-state index contributed by atoms with van der Waals surface area (Å²) >= 11 is 1.55. The summed E-state index contributed by atoms with van der Waals surface area (Å²) in [5.74, 6) is -1.95. The lowest BCUT2D eigenvalue weighted by molar-refractivity contribution is 0.0940. The standard InChI is InChI=1S/C24H30F2N4OS/c1-3-5-16-14-29(2)30-9-4-6-21-18(23(16)30)12-22(32-21)24(31)28-17(13-27)10-15-7-8-19(25)20(26)11-15/h7-8,11-12,17H,3-6,9-10,13-14,27H2,1-2H3,(H,28,31)/t17-/m0/s1. The van der Waals surface area contributed by atoms with E-state index in [1.165, 1.54) is 27.8 Å². The molecule has 2 aliphatic heterocycles. The second kappa shape index (κ2) is 9.68. The molecule has 172 valence electrons. The third-order valence-corrected chi connectivity index (χ3v) is 7.32. The Labute approximate surface area is 191 Å². The van der Waals surface area contributed by atoms with Gasteiger partial charge in [0.1, 0.15) is 0 Å². The number of nitrogens with one attached hydrogen (secondary N) is 1. The highest BCUT2D eigenvalue weighted by Crippen LogP contribution is 2.40. The van der Waals surface area contributed by atoms with E-state index in [1.807, 2.05) is 6.07 Å². The summed E-state index contributed by atoms with van der Waals surface area (Å²) in [4.78, 5) is 15.0. The van der Waals surface area contributed by atoms with Crippen LogP contribution in [0.15, 0.2) is 29.8 Å². The third-order valence-electron chi connectivity index (χ3n) is 6.12. The Morgan fingerprint density at radius 1 is 1.28 bits per heavy atom. The van der Waals surface area contributed by atoms with Crippen molar-refractivity contribution in [2.45, 2.75) is 45.1 Å². The number of likely N-dealkylation sites (N-methyl/N-ethyl adjacent to an activating group) is 1. The minimum absolute atomic E-state index is 0.170. The maximum Gasteiger partial charge on any atom is 0.261 e. The average molecular weight is 461 g/mol. The summed E-state index contributed by atoms with van der Waals surface area (Å²) in [7, 11) is 2.12. The van der Waals surface area contributed by atoms with Crippen molar-refractivity contribution in [3.05, 3.63) is 62.4 Å². The number of thiophene rings is 1. The molecule has 5 nitrogen and oxygen atoms in total. The van der Waals surface area contributed by atoms with Crippen molar-refractivity contribution in [2.24, 2.45) is 5.73 Å². The van der Waals surface area contributed by atoms with Crippen molar-refractivity contribution in [2.75, 3.05) is 26.7 Å². The molecule has 4 rings (SSSR count). The first kappa shape index (κ1) is 22.9. The molecule has 1 atom stereocenters. The number of hydrazine groups is 1. The second-order valence-electron chi connectivity index (χ2n) is 8.55. The van der Waals surface area contributed by atoms with Crippen molar-refractivity contribution in [3.63, 3.8) is 0 Å². The Kier molecular flexibility index (Phi) is 6.93. The molecule has 1 aromatic heterocycles. The molecule has 0 unspecified atom stereocenters. The molecular weight excluding hydrogens is 430 g/mol. The number of rotatable bonds is 7. The minimum Gasteiger partial charge on any atom is -0.347 e. The fourth-order valence-corrected chi connectivity index (χ4v) is 5.72.